The lowest BCUT2D eigenvalue weighted by molar-refractivity contribution is -0.293. The van der Waals surface area contributed by atoms with Gasteiger partial charge in [0.2, 0.25) is 0 Å². The van der Waals surface area contributed by atoms with Crippen molar-refractivity contribution < 1.29 is 48.3 Å². The Morgan fingerprint density at radius 2 is 0.833 bits per heavy atom. The Balaban J connectivity index is 6.42. The van der Waals surface area contributed by atoms with Crippen LogP contribution in [0.25, 0.3) is 0 Å². The minimum Gasteiger partial charge on any atom is -0.218 e. The van der Waals surface area contributed by atoms with Gasteiger partial charge in [-0.1, -0.05) is 6.92 Å². The highest BCUT2D eigenvalue weighted by atomic mass is 79.9. The van der Waals surface area contributed by atoms with Crippen molar-refractivity contribution in [1.82, 2.24) is 0 Å². The van der Waals surface area contributed by atoms with E-state index in [4.69, 9.17) is 0 Å². The molecule has 0 saturated carbocycles. The molecule has 0 aromatic rings. The van der Waals surface area contributed by atoms with Gasteiger partial charge in [0.1, 0.15) is 0 Å². The van der Waals surface area contributed by atoms with Crippen LogP contribution in [0, 0.1) is 0 Å². The maximum atomic E-state index is 14.0. The summed E-state index contributed by atoms with van der Waals surface area (Å²) in [6.07, 6.45) is -1.72. The summed E-state index contributed by atoms with van der Waals surface area (Å²) in [5, 5.41) is 0. The molecule has 0 saturated heterocycles. The van der Waals surface area contributed by atoms with E-state index in [1.54, 1.807) is 0 Å². The largest absolute Gasteiger partial charge is 0.350 e. The van der Waals surface area contributed by atoms with Gasteiger partial charge in [0.25, 0.3) is 15.1 Å². The summed E-state index contributed by atoms with van der Waals surface area (Å²) in [6, 6.07) is 0. The van der Waals surface area contributed by atoms with Crippen LogP contribution in [0.1, 0.15) is 13.3 Å². The van der Waals surface area contributed by atoms with E-state index in [2.05, 4.69) is 0 Å². The first-order valence-electron chi connectivity index (χ1n) is 5.40. The molecule has 0 aliphatic heterocycles. The first kappa shape index (κ1) is 25.1. The van der Waals surface area contributed by atoms with Crippen molar-refractivity contribution in [2.24, 2.45) is 0 Å². The van der Waals surface area contributed by atoms with E-state index in [1.165, 1.54) is 0 Å². The van der Waals surface area contributed by atoms with Gasteiger partial charge >= 0.3 is 21.3 Å². The molecule has 0 N–H and O–H groups in total. The number of halogens is 15. The monoisotopic (exact) mass is 638 g/mol. The van der Waals surface area contributed by atoms with Gasteiger partial charge in [-0.25, -0.2) is 22.0 Å². The lowest BCUT2D eigenvalue weighted by Crippen LogP contribution is -2.70. The third-order valence-corrected chi connectivity index (χ3v) is 6.99. The van der Waals surface area contributed by atoms with Crippen LogP contribution in [0.3, 0.4) is 0 Å². The minimum absolute atomic E-state index is 0.453. The fourth-order valence-electron chi connectivity index (χ4n) is 1.22. The highest BCUT2D eigenvalue weighted by molar-refractivity contribution is 9.13. The van der Waals surface area contributed by atoms with E-state index in [9.17, 15) is 48.3 Å². The average molecular weight is 642 g/mol. The third-order valence-electron chi connectivity index (χ3n) is 2.84. The lowest BCUT2D eigenvalue weighted by atomic mass is 9.95. The Morgan fingerprint density at radius 1 is 0.542 bits per heavy atom. The molecule has 0 aromatic carbocycles. The molecule has 146 valence electrons. The molecular weight excluding hydrogens is 637 g/mol. The molecule has 0 bridgehead atoms. The zero-order chi connectivity index (χ0) is 20.2. The highest BCUT2D eigenvalue weighted by Crippen LogP contribution is 2.66. The van der Waals surface area contributed by atoms with Crippen molar-refractivity contribution in [1.29, 1.82) is 0 Å². The molecule has 24 heavy (non-hydrogen) atoms. The van der Waals surface area contributed by atoms with Crippen LogP contribution in [0.15, 0.2) is 0 Å². The summed E-state index contributed by atoms with van der Waals surface area (Å²) in [7, 11) is 0. The van der Waals surface area contributed by atoms with Crippen LogP contribution in [0.2, 0.25) is 0 Å². The molecule has 0 heterocycles. The zero-order valence-corrected chi connectivity index (χ0v) is 17.2. The van der Waals surface area contributed by atoms with Crippen LogP contribution in [-0.4, -0.2) is 36.3 Å². The summed E-state index contributed by atoms with van der Waals surface area (Å²) >= 11 is 4.16. The maximum absolute atomic E-state index is 14.0. The second-order valence-corrected chi connectivity index (χ2v) is 8.70. The normalized spacial score (nSPS) is 22.5. The van der Waals surface area contributed by atoms with E-state index in [0.717, 1.165) is 63.7 Å². The Bertz CT molecular complexity index is 469. The van der Waals surface area contributed by atoms with Gasteiger partial charge in [-0.15, -0.1) is 0 Å². The van der Waals surface area contributed by atoms with Gasteiger partial charge in [-0.3, -0.25) is 0 Å². The first-order valence-corrected chi connectivity index (χ1v) is 8.57. The highest BCUT2D eigenvalue weighted by Gasteiger charge is 2.88. The molecule has 0 amide bonds. The number of hydrogen-bond acceptors (Lipinski definition) is 0. The second-order valence-electron chi connectivity index (χ2n) is 4.43. The van der Waals surface area contributed by atoms with Crippen molar-refractivity contribution in [3.8, 4) is 0 Å². The van der Waals surface area contributed by atoms with Crippen molar-refractivity contribution in [2.75, 3.05) is 0 Å². The molecule has 0 nitrogen and oxygen atoms in total. The molecule has 15 heteroatoms. The number of rotatable bonds is 7. The Kier molecular flexibility index (Phi) is 6.96. The lowest BCUT2D eigenvalue weighted by Gasteiger charge is -2.45. The Hall–Kier alpha value is 1.15. The molecule has 0 spiro atoms. The molecule has 0 fully saturated rings. The van der Waals surface area contributed by atoms with Crippen LogP contribution in [0.5, 0.6) is 0 Å². The number of hydrogen-bond donors (Lipinski definition) is 0. The quantitative estimate of drug-likeness (QED) is 0.200. The van der Waals surface area contributed by atoms with Gasteiger partial charge < -0.3 is 0 Å². The number of alkyl halides is 15. The van der Waals surface area contributed by atoms with E-state index in [-0.39, 0.29) is 0 Å². The van der Waals surface area contributed by atoms with E-state index in [0.29, 0.717) is 6.92 Å². The van der Waals surface area contributed by atoms with Gasteiger partial charge in [0.15, 0.2) is 0 Å². The summed E-state index contributed by atoms with van der Waals surface area (Å²) in [6.45, 7) is 0.453. The van der Waals surface area contributed by atoms with Crippen molar-refractivity contribution in [2.45, 2.75) is 49.7 Å². The third kappa shape index (κ3) is 3.36. The van der Waals surface area contributed by atoms with Crippen LogP contribution >= 0.6 is 63.7 Å². The minimum atomic E-state index is -6.47. The molecule has 0 aliphatic rings. The molecule has 0 rings (SSSR count). The SMILES string of the molecule is CCC(F)(F)C(F)(Br)C(F)(F)C(F)(Br)C(F)(F)C(F)(Br)C(F)(F)Br. The molecular formula is C9H5Br4F11. The smallest absolute Gasteiger partial charge is 0.218 e. The van der Waals surface area contributed by atoms with Crippen molar-refractivity contribution in [3.63, 3.8) is 0 Å². The topological polar surface area (TPSA) is 0 Å². The second kappa shape index (κ2) is 6.64. The fraction of sp³-hybridized carbons (Fsp3) is 1.00. The van der Waals surface area contributed by atoms with Crippen LogP contribution in [0.4, 0.5) is 48.3 Å². The van der Waals surface area contributed by atoms with Gasteiger partial charge in [-0.2, -0.15) is 26.3 Å². The molecule has 0 radical (unpaired) electrons. The zero-order valence-electron chi connectivity index (χ0n) is 10.9. The molecule has 0 aliphatic carbocycles. The average Bonchev–Trinajstić information content (AvgIpc) is 2.36. The summed E-state index contributed by atoms with van der Waals surface area (Å²) in [5.41, 5.74) is 0. The summed E-state index contributed by atoms with van der Waals surface area (Å²) in [5.74, 6) is -18.0. The predicted molar refractivity (Wildman–Crippen MR) is 77.3 cm³/mol. The predicted octanol–water partition coefficient (Wildman–Crippen LogP) is 7.47. The molecule has 3 unspecified atom stereocenters. The molecule has 0 aromatic heterocycles. The standard InChI is InChI=1S/C9H5Br4F11/c1-2-3(14,15)4(10,16)7(19,20)5(11,17)8(21,22)6(12,18)9(13,23)24/h2H2,1H3. The summed E-state index contributed by atoms with van der Waals surface area (Å²) in [4.78, 5) is -5.36. The van der Waals surface area contributed by atoms with E-state index < -0.39 is 42.8 Å². The Morgan fingerprint density at radius 3 is 1.08 bits per heavy atom. The van der Waals surface area contributed by atoms with Gasteiger partial charge in [0, 0.05) is 6.42 Å². The van der Waals surface area contributed by atoms with Gasteiger partial charge in [0.05, 0.1) is 0 Å². The van der Waals surface area contributed by atoms with E-state index >= 15 is 0 Å². The van der Waals surface area contributed by atoms with Crippen LogP contribution < -0.4 is 0 Å². The summed E-state index contributed by atoms with van der Waals surface area (Å²) < 4.78 is 132. The van der Waals surface area contributed by atoms with E-state index in [1.807, 2.05) is 0 Å². The fourth-order valence-corrected chi connectivity index (χ4v) is 3.38. The maximum Gasteiger partial charge on any atom is 0.350 e. The van der Waals surface area contributed by atoms with Crippen LogP contribution in [-0.2, 0) is 0 Å². The first-order chi connectivity index (χ1) is 10.1. The molecule has 3 atom stereocenters. The van der Waals surface area contributed by atoms with Crippen molar-refractivity contribution >= 4 is 63.7 Å². The Labute approximate surface area is 161 Å². The van der Waals surface area contributed by atoms with Gasteiger partial charge in [-0.05, 0) is 63.7 Å². The van der Waals surface area contributed by atoms with Crippen molar-refractivity contribution in [3.05, 3.63) is 0 Å².